The molecule has 1 aromatic heterocycles. The van der Waals surface area contributed by atoms with Gasteiger partial charge in [0, 0.05) is 22.6 Å². The van der Waals surface area contributed by atoms with Crippen LogP contribution in [-0.4, -0.2) is 0 Å². The molecule has 0 fully saturated rings. The molecule has 1 spiro atoms. The van der Waals surface area contributed by atoms with Crippen LogP contribution in [0.1, 0.15) is 22.3 Å². The maximum atomic E-state index is 5.79. The van der Waals surface area contributed by atoms with Crippen molar-refractivity contribution in [3.63, 3.8) is 0 Å². The molecule has 0 bridgehead atoms. The van der Waals surface area contributed by atoms with Crippen molar-refractivity contribution in [3.8, 4) is 67.0 Å². The molecule has 0 amide bonds. The lowest BCUT2D eigenvalue weighted by molar-refractivity contribution is 0.582. The lowest BCUT2D eigenvalue weighted by atomic mass is 9.65. The van der Waals surface area contributed by atoms with E-state index in [1.54, 1.807) is 6.26 Å². The van der Waals surface area contributed by atoms with Crippen LogP contribution < -0.4 is 4.90 Å². The summed E-state index contributed by atoms with van der Waals surface area (Å²) in [6, 6.07) is 94.7. The van der Waals surface area contributed by atoms with Crippen molar-refractivity contribution < 1.29 is 4.42 Å². The summed E-state index contributed by atoms with van der Waals surface area (Å²) >= 11 is 0. The minimum atomic E-state index is -0.678. The van der Waals surface area contributed by atoms with Crippen LogP contribution in [0.5, 0.6) is 0 Å². The second-order valence-corrected chi connectivity index (χ2v) is 19.1. The largest absolute Gasteiger partial charge is 0.464 e. The summed E-state index contributed by atoms with van der Waals surface area (Å²) in [5.74, 6) is 0.860. The van der Waals surface area contributed by atoms with E-state index in [1.165, 1.54) is 99.1 Å². The Kier molecular flexibility index (Phi) is 8.61. The summed E-state index contributed by atoms with van der Waals surface area (Å²) < 4.78 is 5.79. The Balaban J connectivity index is 1.00. The molecule has 2 aliphatic carbocycles. The number of benzene rings is 12. The molecule has 2 nitrogen and oxygen atoms in total. The first-order chi connectivity index (χ1) is 35.2. The van der Waals surface area contributed by atoms with Crippen molar-refractivity contribution in [1.29, 1.82) is 0 Å². The lowest BCUT2D eigenvalue weighted by Gasteiger charge is -2.37. The second-order valence-electron chi connectivity index (χ2n) is 19.1. The molecule has 0 saturated heterocycles. The van der Waals surface area contributed by atoms with Crippen LogP contribution in [0.4, 0.5) is 17.1 Å². The molecule has 1 atom stereocenters. The summed E-state index contributed by atoms with van der Waals surface area (Å²) in [5.41, 5.74) is 21.1. The number of furan rings is 1. The van der Waals surface area contributed by atoms with Gasteiger partial charge in [-0.25, -0.2) is 0 Å². The summed E-state index contributed by atoms with van der Waals surface area (Å²) in [5, 5.41) is 7.80. The van der Waals surface area contributed by atoms with Crippen molar-refractivity contribution in [3.05, 3.63) is 283 Å². The van der Waals surface area contributed by atoms with Gasteiger partial charge in [-0.3, -0.25) is 0 Å². The number of fused-ring (bicyclic) bond motifs is 13. The Labute approximate surface area is 412 Å². The van der Waals surface area contributed by atoms with Crippen molar-refractivity contribution in [1.82, 2.24) is 0 Å². The van der Waals surface area contributed by atoms with Gasteiger partial charge in [-0.15, -0.1) is 0 Å². The zero-order chi connectivity index (χ0) is 46.6. The molecule has 330 valence electrons. The Morgan fingerprint density at radius 3 is 1.56 bits per heavy atom. The Hall–Kier alpha value is -9.24. The second kappa shape index (κ2) is 15.4. The fourth-order valence-corrected chi connectivity index (χ4v) is 12.5. The molecule has 15 rings (SSSR count). The number of anilines is 3. The Morgan fingerprint density at radius 1 is 0.296 bits per heavy atom. The summed E-state index contributed by atoms with van der Waals surface area (Å²) in [4.78, 5) is 2.44. The fourth-order valence-electron chi connectivity index (χ4n) is 12.5. The minimum absolute atomic E-state index is 0.678. The number of nitrogens with zero attached hydrogens (tertiary/aromatic N) is 1. The van der Waals surface area contributed by atoms with E-state index in [1.807, 2.05) is 12.1 Å². The lowest BCUT2D eigenvalue weighted by Crippen LogP contribution is -2.29. The van der Waals surface area contributed by atoms with Gasteiger partial charge in [0.2, 0.25) is 0 Å². The van der Waals surface area contributed by atoms with Gasteiger partial charge >= 0.3 is 0 Å². The summed E-state index contributed by atoms with van der Waals surface area (Å²) in [6.07, 6.45) is 1.73. The van der Waals surface area contributed by atoms with Gasteiger partial charge in [0.05, 0.1) is 11.7 Å². The monoisotopic (exact) mass is 901 g/mol. The van der Waals surface area contributed by atoms with Crippen molar-refractivity contribution in [2.24, 2.45) is 0 Å². The van der Waals surface area contributed by atoms with Crippen LogP contribution in [0.15, 0.2) is 265 Å². The highest BCUT2D eigenvalue weighted by Crippen LogP contribution is 2.64. The molecule has 71 heavy (non-hydrogen) atoms. The number of hydrogen-bond donors (Lipinski definition) is 0. The van der Waals surface area contributed by atoms with Crippen LogP contribution in [0.3, 0.4) is 0 Å². The third kappa shape index (κ3) is 5.83. The first-order valence-corrected chi connectivity index (χ1v) is 24.6. The van der Waals surface area contributed by atoms with Gasteiger partial charge in [0.15, 0.2) is 0 Å². The Morgan fingerprint density at radius 2 is 0.845 bits per heavy atom. The van der Waals surface area contributed by atoms with E-state index in [9.17, 15) is 0 Å². The molecule has 0 aliphatic heterocycles. The van der Waals surface area contributed by atoms with E-state index in [0.717, 1.165) is 39.5 Å². The van der Waals surface area contributed by atoms with E-state index in [0.29, 0.717) is 0 Å². The molecule has 0 radical (unpaired) electrons. The quantitative estimate of drug-likeness (QED) is 0.155. The topological polar surface area (TPSA) is 16.4 Å². The molecule has 13 aromatic rings. The average molecular weight is 902 g/mol. The molecule has 12 aromatic carbocycles. The molecule has 0 N–H and O–H groups in total. The number of rotatable bonds is 6. The highest BCUT2D eigenvalue weighted by Gasteiger charge is 2.50. The fraction of sp³-hybridized carbons (Fsp3) is 0.0145. The molecular weight excluding hydrogens is 859 g/mol. The predicted octanol–water partition coefficient (Wildman–Crippen LogP) is 18.7. The summed E-state index contributed by atoms with van der Waals surface area (Å²) in [6.45, 7) is 0. The van der Waals surface area contributed by atoms with Gasteiger partial charge in [-0.1, -0.05) is 194 Å². The molecule has 0 saturated carbocycles. The van der Waals surface area contributed by atoms with E-state index >= 15 is 0 Å². The van der Waals surface area contributed by atoms with Crippen LogP contribution in [-0.2, 0) is 5.41 Å². The smallest absolute Gasteiger partial charge is 0.133 e. The van der Waals surface area contributed by atoms with Crippen LogP contribution in [0.25, 0.3) is 99.3 Å². The zero-order valence-electron chi connectivity index (χ0n) is 38.7. The van der Waals surface area contributed by atoms with Gasteiger partial charge in [0.1, 0.15) is 5.76 Å². The van der Waals surface area contributed by atoms with Crippen LogP contribution in [0.2, 0.25) is 0 Å². The third-order valence-corrected chi connectivity index (χ3v) is 15.5. The molecule has 1 heterocycles. The first-order valence-electron chi connectivity index (χ1n) is 24.6. The van der Waals surface area contributed by atoms with E-state index < -0.39 is 5.41 Å². The molecule has 2 aliphatic rings. The average Bonchev–Trinajstić information content (AvgIpc) is 4.08. The van der Waals surface area contributed by atoms with Crippen LogP contribution >= 0.6 is 0 Å². The van der Waals surface area contributed by atoms with Gasteiger partial charge in [-0.2, -0.15) is 0 Å². The standard InChI is InChI=1S/C69H43NO/c1-2-13-44(14-3-1)45-28-33-52(34-29-45)70(53-35-30-46(31-36-53)49-17-11-18-50(41-49)65-25-12-40-71-65)54-37-39-58-56-20-5-4-19-55(56)57-21-6-8-23-61(57)69(63(58)43-54)62-24-9-7-22-59(62)68-60-38-32-48-16-10-15-47-26-27-51(42-64(68)69)67(60)66(47)48/h1-43H. The molecule has 1 unspecified atom stereocenters. The minimum Gasteiger partial charge on any atom is -0.464 e. The predicted molar refractivity (Wildman–Crippen MR) is 295 cm³/mol. The van der Waals surface area contributed by atoms with Gasteiger partial charge < -0.3 is 9.32 Å². The maximum absolute atomic E-state index is 5.79. The summed E-state index contributed by atoms with van der Waals surface area (Å²) in [7, 11) is 0. The van der Waals surface area contributed by atoms with Gasteiger partial charge in [0.25, 0.3) is 0 Å². The third-order valence-electron chi connectivity index (χ3n) is 15.5. The van der Waals surface area contributed by atoms with Crippen molar-refractivity contribution in [2.75, 3.05) is 4.90 Å². The number of hydrogen-bond acceptors (Lipinski definition) is 2. The Bertz CT molecular complexity index is 4190. The SMILES string of the molecule is c1ccc(-c2ccc(N(c3ccc(-c4cccc(-c5ccco5)c4)cc3)c3ccc4c(c3)C3(c5ccccc5-c5ccccc5-4)c4ccccc4-c4c3cc3ccc5cccc6ccc4c3c56)cc2)cc1. The highest BCUT2D eigenvalue weighted by atomic mass is 16.3. The maximum Gasteiger partial charge on any atom is 0.133 e. The van der Waals surface area contributed by atoms with Crippen molar-refractivity contribution in [2.45, 2.75) is 5.41 Å². The molecular formula is C69H43NO. The highest BCUT2D eigenvalue weighted by molar-refractivity contribution is 6.27. The normalized spacial score (nSPS) is 14.3. The first kappa shape index (κ1) is 39.7. The van der Waals surface area contributed by atoms with E-state index in [4.69, 9.17) is 4.42 Å². The molecule has 2 heteroatoms. The van der Waals surface area contributed by atoms with Crippen molar-refractivity contribution >= 4 is 49.4 Å². The van der Waals surface area contributed by atoms with E-state index in [-0.39, 0.29) is 0 Å². The zero-order valence-corrected chi connectivity index (χ0v) is 38.7. The van der Waals surface area contributed by atoms with Crippen LogP contribution in [0, 0.1) is 0 Å². The van der Waals surface area contributed by atoms with E-state index in [2.05, 4.69) is 248 Å². The van der Waals surface area contributed by atoms with Gasteiger partial charge in [-0.05, 0) is 171 Å².